The number of fused-ring (bicyclic) bond motifs is 1. The third-order valence-corrected chi connectivity index (χ3v) is 5.39. The molecule has 0 bridgehead atoms. The number of carbonyl (C=O) groups is 2. The summed E-state index contributed by atoms with van der Waals surface area (Å²) >= 11 is 7.21. The number of thiazole rings is 1. The van der Waals surface area contributed by atoms with Gasteiger partial charge in [0, 0.05) is 23.2 Å². The number of nitrogens with zero attached hydrogens (tertiary/aromatic N) is 3. The van der Waals surface area contributed by atoms with Crippen LogP contribution in [-0.4, -0.2) is 28.0 Å². The van der Waals surface area contributed by atoms with E-state index in [0.29, 0.717) is 20.8 Å². The number of hydrogen-bond donors (Lipinski definition) is 0. The summed E-state index contributed by atoms with van der Waals surface area (Å²) in [7, 11) is 0. The molecule has 0 unspecified atom stereocenters. The third kappa shape index (κ3) is 5.00. The molecule has 1 amide bonds. The number of hydrogen-bond acceptors (Lipinski definition) is 6. The quantitative estimate of drug-likeness (QED) is 0.247. The lowest BCUT2D eigenvalue weighted by Gasteiger charge is -2.04. The first-order chi connectivity index (χ1) is 14.4. The summed E-state index contributed by atoms with van der Waals surface area (Å²) in [5.41, 5.74) is 0.951. The van der Waals surface area contributed by atoms with E-state index in [0.717, 1.165) is 11.3 Å². The number of carbonyl (C=O) groups excluding carboxylic acids is 2. The largest absolute Gasteiger partial charge is 0.465 e. The van der Waals surface area contributed by atoms with E-state index in [-0.39, 0.29) is 23.6 Å². The molecule has 1 heterocycles. The predicted molar refractivity (Wildman–Crippen MR) is 114 cm³/mol. The molecule has 3 aromatic rings. The van der Waals surface area contributed by atoms with Crippen LogP contribution in [0.25, 0.3) is 16.3 Å². The Balaban J connectivity index is 2.04. The summed E-state index contributed by atoms with van der Waals surface area (Å²) in [5.74, 6) is -1.10. The minimum Gasteiger partial charge on any atom is -0.465 e. The molecule has 0 spiro atoms. The van der Waals surface area contributed by atoms with Gasteiger partial charge in [-0.25, -0.2) is 0 Å². The van der Waals surface area contributed by atoms with E-state index in [4.69, 9.17) is 16.3 Å². The van der Waals surface area contributed by atoms with Gasteiger partial charge in [0.05, 0.1) is 21.7 Å². The van der Waals surface area contributed by atoms with Crippen LogP contribution in [0.3, 0.4) is 0 Å². The highest BCUT2D eigenvalue weighted by Crippen LogP contribution is 2.23. The molecule has 0 N–H and O–H groups in total. The van der Waals surface area contributed by atoms with E-state index < -0.39 is 16.8 Å². The maximum atomic E-state index is 12.4. The third-order valence-electron chi connectivity index (χ3n) is 3.99. The van der Waals surface area contributed by atoms with Gasteiger partial charge in [-0.2, -0.15) is 4.99 Å². The van der Waals surface area contributed by atoms with Gasteiger partial charge < -0.3 is 9.30 Å². The first kappa shape index (κ1) is 21.4. The van der Waals surface area contributed by atoms with Gasteiger partial charge in [-0.15, -0.1) is 0 Å². The Kier molecular flexibility index (Phi) is 6.76. The Labute approximate surface area is 179 Å². The first-order valence-electron chi connectivity index (χ1n) is 8.83. The number of ether oxygens (including phenoxy) is 1. The Morgan fingerprint density at radius 2 is 2.07 bits per heavy atom. The molecule has 0 saturated carbocycles. The van der Waals surface area contributed by atoms with Crippen LogP contribution < -0.4 is 4.80 Å². The van der Waals surface area contributed by atoms with Crippen molar-refractivity contribution >= 4 is 56.8 Å². The molecule has 0 radical (unpaired) electrons. The summed E-state index contributed by atoms with van der Waals surface area (Å²) in [6, 6.07) is 11.3. The van der Waals surface area contributed by atoms with E-state index in [1.54, 1.807) is 43.3 Å². The van der Waals surface area contributed by atoms with E-state index in [1.165, 1.54) is 22.8 Å². The molecule has 3 rings (SSSR count). The summed E-state index contributed by atoms with van der Waals surface area (Å²) in [4.78, 5) is 39.3. The average molecular weight is 446 g/mol. The number of amides is 1. The molecule has 0 saturated heterocycles. The van der Waals surface area contributed by atoms with Crippen LogP contribution >= 0.6 is 22.9 Å². The van der Waals surface area contributed by atoms with Crippen molar-refractivity contribution in [3.63, 3.8) is 0 Å². The van der Waals surface area contributed by atoms with Crippen LogP contribution in [-0.2, 0) is 20.9 Å². The van der Waals surface area contributed by atoms with E-state index in [1.807, 2.05) is 0 Å². The summed E-state index contributed by atoms with van der Waals surface area (Å²) in [6.07, 6.45) is 2.81. The lowest BCUT2D eigenvalue weighted by molar-refractivity contribution is -0.384. The van der Waals surface area contributed by atoms with Crippen LogP contribution in [0, 0.1) is 10.1 Å². The number of nitro benzene ring substituents is 1. The van der Waals surface area contributed by atoms with Crippen molar-refractivity contribution < 1.29 is 19.2 Å². The Morgan fingerprint density at radius 3 is 2.77 bits per heavy atom. The van der Waals surface area contributed by atoms with Gasteiger partial charge in [0.1, 0.15) is 6.54 Å². The molecule has 0 aliphatic rings. The van der Waals surface area contributed by atoms with Crippen molar-refractivity contribution in [2.24, 2.45) is 4.99 Å². The van der Waals surface area contributed by atoms with Gasteiger partial charge in [-0.05, 0) is 30.7 Å². The lowest BCUT2D eigenvalue weighted by Crippen LogP contribution is -2.22. The molecule has 0 atom stereocenters. The predicted octanol–water partition coefficient (Wildman–Crippen LogP) is 3.97. The minimum atomic E-state index is -0.561. The van der Waals surface area contributed by atoms with Crippen LogP contribution in [0.5, 0.6) is 0 Å². The molecule has 30 heavy (non-hydrogen) atoms. The molecule has 1 aromatic heterocycles. The van der Waals surface area contributed by atoms with Crippen molar-refractivity contribution in [3.05, 3.63) is 74.0 Å². The fourth-order valence-corrected chi connectivity index (χ4v) is 3.86. The number of aromatic nitrogens is 1. The molecule has 0 aliphatic carbocycles. The fourth-order valence-electron chi connectivity index (χ4n) is 2.65. The summed E-state index contributed by atoms with van der Waals surface area (Å²) in [5, 5.41) is 11.6. The number of benzene rings is 2. The van der Waals surface area contributed by atoms with Gasteiger partial charge in [0.15, 0.2) is 4.80 Å². The van der Waals surface area contributed by atoms with Gasteiger partial charge >= 0.3 is 5.97 Å². The highest BCUT2D eigenvalue weighted by atomic mass is 35.5. The summed E-state index contributed by atoms with van der Waals surface area (Å²) < 4.78 is 7.06. The van der Waals surface area contributed by atoms with Gasteiger partial charge in [0.2, 0.25) is 0 Å². The van der Waals surface area contributed by atoms with Gasteiger partial charge in [0.25, 0.3) is 11.6 Å². The zero-order valence-electron chi connectivity index (χ0n) is 15.8. The van der Waals surface area contributed by atoms with Crippen molar-refractivity contribution in [1.82, 2.24) is 4.57 Å². The van der Waals surface area contributed by atoms with E-state index in [9.17, 15) is 19.7 Å². The molecule has 0 aliphatic heterocycles. The monoisotopic (exact) mass is 445 g/mol. The molecule has 10 heteroatoms. The van der Waals surface area contributed by atoms with Crippen molar-refractivity contribution in [2.45, 2.75) is 13.5 Å². The number of non-ortho nitro benzene ring substituents is 1. The van der Waals surface area contributed by atoms with Crippen LogP contribution in [0.15, 0.2) is 53.5 Å². The maximum absolute atomic E-state index is 12.4. The van der Waals surface area contributed by atoms with Crippen LogP contribution in [0.2, 0.25) is 5.02 Å². The lowest BCUT2D eigenvalue weighted by atomic mass is 10.2. The highest BCUT2D eigenvalue weighted by molar-refractivity contribution is 7.16. The van der Waals surface area contributed by atoms with Crippen molar-refractivity contribution in [2.75, 3.05) is 6.61 Å². The van der Waals surface area contributed by atoms with Crippen molar-refractivity contribution in [1.29, 1.82) is 0 Å². The highest BCUT2D eigenvalue weighted by Gasteiger charge is 2.15. The zero-order valence-corrected chi connectivity index (χ0v) is 17.4. The Morgan fingerprint density at radius 1 is 1.30 bits per heavy atom. The molecular formula is C20H16ClN3O5S. The number of esters is 1. The second-order valence-electron chi connectivity index (χ2n) is 5.99. The normalized spacial score (nSPS) is 11.9. The topological polar surface area (TPSA) is 104 Å². The molecular weight excluding hydrogens is 430 g/mol. The molecule has 0 fully saturated rings. The number of rotatable bonds is 6. The van der Waals surface area contributed by atoms with E-state index in [2.05, 4.69) is 4.99 Å². The van der Waals surface area contributed by atoms with Gasteiger partial charge in [-0.3, -0.25) is 19.7 Å². The SMILES string of the molecule is CCOC(=O)Cn1c(=NC(=O)/C=C/c2ccccc2Cl)sc2ccc([N+](=O)[O-])cc21. The standard InChI is InChI=1S/C20H16ClN3O5S/c1-2-29-19(26)12-23-16-11-14(24(27)28)8-9-17(16)30-20(23)22-18(25)10-7-13-5-3-4-6-15(13)21/h3-11H,2,12H2,1H3/b10-7+,22-20?. The first-order valence-corrected chi connectivity index (χ1v) is 10.0. The van der Waals surface area contributed by atoms with Crippen LogP contribution in [0.1, 0.15) is 12.5 Å². The fraction of sp³-hybridized carbons (Fsp3) is 0.150. The number of nitro groups is 1. The second kappa shape index (κ2) is 9.47. The summed E-state index contributed by atoms with van der Waals surface area (Å²) in [6.45, 7) is 1.64. The molecule has 2 aromatic carbocycles. The van der Waals surface area contributed by atoms with E-state index >= 15 is 0 Å². The second-order valence-corrected chi connectivity index (χ2v) is 7.41. The molecule has 154 valence electrons. The maximum Gasteiger partial charge on any atom is 0.326 e. The Bertz CT molecular complexity index is 1230. The smallest absolute Gasteiger partial charge is 0.326 e. The zero-order chi connectivity index (χ0) is 21.7. The minimum absolute atomic E-state index is 0.130. The average Bonchev–Trinajstić information content (AvgIpc) is 3.03. The van der Waals surface area contributed by atoms with Gasteiger partial charge in [-0.1, -0.05) is 41.1 Å². The Hall–Kier alpha value is -3.30. The van der Waals surface area contributed by atoms with Crippen LogP contribution in [0.4, 0.5) is 5.69 Å². The van der Waals surface area contributed by atoms with Crippen molar-refractivity contribution in [3.8, 4) is 0 Å². The number of halogens is 1. The molecule has 8 nitrogen and oxygen atoms in total.